The van der Waals surface area contributed by atoms with Crippen molar-refractivity contribution in [3.8, 4) is 0 Å². The van der Waals surface area contributed by atoms with Crippen molar-refractivity contribution in [3.63, 3.8) is 0 Å². The Kier molecular flexibility index (Phi) is 5.16. The molecule has 1 amide bonds. The van der Waals surface area contributed by atoms with E-state index in [1.807, 2.05) is 52.0 Å². The van der Waals surface area contributed by atoms with Gasteiger partial charge in [0.1, 0.15) is 11.6 Å². The molecule has 2 atom stereocenters. The molecule has 2 aliphatic heterocycles. The molecule has 3 rings (SSSR count). The highest BCUT2D eigenvalue weighted by Crippen LogP contribution is 2.37. The summed E-state index contributed by atoms with van der Waals surface area (Å²) in [4.78, 5) is 12.8. The Morgan fingerprint density at radius 2 is 1.59 bits per heavy atom. The molecule has 5 nitrogen and oxygen atoms in total. The van der Waals surface area contributed by atoms with Crippen LogP contribution in [0.2, 0.25) is 0 Å². The third-order valence-electron chi connectivity index (χ3n) is 6.17. The fourth-order valence-electron chi connectivity index (χ4n) is 3.13. The Morgan fingerprint density at radius 3 is 2.00 bits per heavy atom. The van der Waals surface area contributed by atoms with Gasteiger partial charge in [0.25, 0.3) is 0 Å². The highest BCUT2D eigenvalue weighted by molar-refractivity contribution is 6.62. The number of rotatable bonds is 5. The summed E-state index contributed by atoms with van der Waals surface area (Å²) in [6, 6.07) is 7.12. The molecule has 0 aromatic heterocycles. The molecule has 0 spiro atoms. The van der Waals surface area contributed by atoms with Crippen LogP contribution >= 0.6 is 0 Å². The minimum atomic E-state index is -1.11. The summed E-state index contributed by atoms with van der Waals surface area (Å²) in [5, 5.41) is 2.77. The van der Waals surface area contributed by atoms with Crippen LogP contribution in [0.1, 0.15) is 47.1 Å². The molecule has 1 aromatic rings. The number of alkyl halides is 1. The second kappa shape index (κ2) is 6.87. The van der Waals surface area contributed by atoms with Gasteiger partial charge < -0.3 is 19.4 Å². The summed E-state index contributed by atoms with van der Waals surface area (Å²) in [6.45, 7) is 11.7. The lowest BCUT2D eigenvalue weighted by atomic mass is 9.74. The Bertz CT molecular complexity index is 684. The molecule has 2 aliphatic rings. The minimum Gasteiger partial charge on any atom is -0.399 e. The van der Waals surface area contributed by atoms with E-state index in [0.29, 0.717) is 13.2 Å². The van der Waals surface area contributed by atoms with Crippen molar-refractivity contribution in [2.75, 3.05) is 13.2 Å². The molecule has 2 saturated heterocycles. The van der Waals surface area contributed by atoms with Gasteiger partial charge in [-0.1, -0.05) is 24.3 Å². The SMILES string of the molecule is CC(F)[C@H](C)NC(=O)C1(c2ccc(B3OC(C)(C)C(C)(C)O3)cc2)COC1. The number of benzene rings is 1. The molecule has 1 aromatic carbocycles. The minimum absolute atomic E-state index is 0.200. The lowest BCUT2D eigenvalue weighted by molar-refractivity contribution is -0.146. The standard InChI is InChI=1S/C20H29BFNO4/c1-13(22)14(2)23-17(24)20(11-25-12-20)15-7-9-16(10-8-15)21-26-18(3,4)19(5,6)27-21/h7-10,13-14H,11-12H2,1-6H3,(H,23,24)/t13?,14-/m0/s1. The average Bonchev–Trinajstić information content (AvgIpc) is 2.75. The third kappa shape index (κ3) is 3.53. The fourth-order valence-corrected chi connectivity index (χ4v) is 3.13. The van der Waals surface area contributed by atoms with Gasteiger partial charge in [-0.2, -0.15) is 0 Å². The van der Waals surface area contributed by atoms with Gasteiger partial charge in [-0.05, 0) is 52.6 Å². The molecular weight excluding hydrogens is 348 g/mol. The number of hydrogen-bond acceptors (Lipinski definition) is 4. The normalized spacial score (nSPS) is 24.8. The summed E-state index contributed by atoms with van der Waals surface area (Å²) >= 11 is 0. The van der Waals surface area contributed by atoms with Gasteiger partial charge in [-0.25, -0.2) is 4.39 Å². The highest BCUT2D eigenvalue weighted by Gasteiger charge is 2.52. The molecule has 27 heavy (non-hydrogen) atoms. The van der Waals surface area contributed by atoms with E-state index in [1.54, 1.807) is 6.92 Å². The van der Waals surface area contributed by atoms with E-state index in [-0.39, 0.29) is 5.91 Å². The monoisotopic (exact) mass is 377 g/mol. The average molecular weight is 377 g/mol. The predicted octanol–water partition coefficient (Wildman–Crippen LogP) is 2.12. The van der Waals surface area contributed by atoms with Crippen molar-refractivity contribution in [1.82, 2.24) is 5.32 Å². The molecule has 2 fully saturated rings. The van der Waals surface area contributed by atoms with Crippen molar-refractivity contribution < 1.29 is 23.2 Å². The van der Waals surface area contributed by atoms with E-state index in [1.165, 1.54) is 6.92 Å². The number of amides is 1. The zero-order valence-corrected chi connectivity index (χ0v) is 17.0. The number of hydrogen-bond donors (Lipinski definition) is 1. The lowest BCUT2D eigenvalue weighted by Gasteiger charge is -2.41. The Balaban J connectivity index is 1.77. The molecule has 0 bridgehead atoms. The fraction of sp³-hybridized carbons (Fsp3) is 0.650. The van der Waals surface area contributed by atoms with E-state index in [2.05, 4.69) is 5.32 Å². The van der Waals surface area contributed by atoms with E-state index in [4.69, 9.17) is 14.0 Å². The predicted molar refractivity (Wildman–Crippen MR) is 103 cm³/mol. The zero-order chi connectivity index (χ0) is 20.0. The summed E-state index contributed by atoms with van der Waals surface area (Å²) in [5.41, 5.74) is 0.179. The van der Waals surface area contributed by atoms with Gasteiger partial charge in [0.2, 0.25) is 5.91 Å². The number of ether oxygens (including phenoxy) is 1. The topological polar surface area (TPSA) is 56.8 Å². The van der Waals surface area contributed by atoms with Crippen LogP contribution < -0.4 is 10.8 Å². The van der Waals surface area contributed by atoms with E-state index >= 15 is 0 Å². The molecule has 2 heterocycles. The van der Waals surface area contributed by atoms with Gasteiger partial charge >= 0.3 is 7.12 Å². The molecule has 1 N–H and O–H groups in total. The van der Waals surface area contributed by atoms with Crippen molar-refractivity contribution in [3.05, 3.63) is 29.8 Å². The summed E-state index contributed by atoms with van der Waals surface area (Å²) in [6.07, 6.45) is -1.11. The summed E-state index contributed by atoms with van der Waals surface area (Å²) in [7, 11) is -0.445. The smallest absolute Gasteiger partial charge is 0.399 e. The Hall–Kier alpha value is -1.44. The number of carbonyl (C=O) groups excluding carboxylic acids is 1. The van der Waals surface area contributed by atoms with Gasteiger partial charge in [-0.15, -0.1) is 0 Å². The van der Waals surface area contributed by atoms with Gasteiger partial charge in [0.15, 0.2) is 0 Å². The van der Waals surface area contributed by atoms with Gasteiger partial charge in [0, 0.05) is 0 Å². The van der Waals surface area contributed by atoms with Crippen LogP contribution in [0, 0.1) is 0 Å². The largest absolute Gasteiger partial charge is 0.494 e. The van der Waals surface area contributed by atoms with Crippen LogP contribution in [0.25, 0.3) is 0 Å². The van der Waals surface area contributed by atoms with E-state index < -0.39 is 35.9 Å². The van der Waals surface area contributed by atoms with Crippen molar-refractivity contribution in [1.29, 1.82) is 0 Å². The van der Waals surface area contributed by atoms with Crippen LogP contribution in [0.5, 0.6) is 0 Å². The second-order valence-electron chi connectivity index (χ2n) is 8.72. The van der Waals surface area contributed by atoms with Gasteiger partial charge in [0.05, 0.1) is 30.5 Å². The molecule has 0 aliphatic carbocycles. The van der Waals surface area contributed by atoms with Crippen molar-refractivity contribution in [2.24, 2.45) is 0 Å². The first-order chi connectivity index (χ1) is 12.5. The molecule has 148 valence electrons. The molecule has 0 saturated carbocycles. The van der Waals surface area contributed by atoms with Crippen LogP contribution in [0.15, 0.2) is 24.3 Å². The van der Waals surface area contributed by atoms with Crippen LogP contribution in [0.3, 0.4) is 0 Å². The zero-order valence-electron chi connectivity index (χ0n) is 17.0. The molecular formula is C20H29BFNO4. The van der Waals surface area contributed by atoms with E-state index in [0.717, 1.165) is 11.0 Å². The van der Waals surface area contributed by atoms with Crippen molar-refractivity contribution in [2.45, 2.75) is 70.4 Å². The maximum Gasteiger partial charge on any atom is 0.494 e. The maximum atomic E-state index is 13.4. The maximum absolute atomic E-state index is 13.4. The Morgan fingerprint density at radius 1 is 1.07 bits per heavy atom. The molecule has 1 unspecified atom stereocenters. The Labute approximate surface area is 161 Å². The molecule has 0 radical (unpaired) electrons. The van der Waals surface area contributed by atoms with Crippen LogP contribution in [-0.2, 0) is 24.3 Å². The summed E-state index contributed by atoms with van der Waals surface area (Å²) < 4.78 is 30.9. The number of halogens is 1. The second-order valence-corrected chi connectivity index (χ2v) is 8.72. The summed E-state index contributed by atoms with van der Waals surface area (Å²) in [5.74, 6) is -0.200. The highest BCUT2D eigenvalue weighted by atomic mass is 19.1. The first kappa shape index (κ1) is 20.3. The molecule has 7 heteroatoms. The van der Waals surface area contributed by atoms with Crippen molar-refractivity contribution >= 4 is 18.5 Å². The number of carbonyl (C=O) groups is 1. The van der Waals surface area contributed by atoms with Gasteiger partial charge in [-0.3, -0.25) is 4.79 Å². The van der Waals surface area contributed by atoms with Crippen LogP contribution in [0.4, 0.5) is 4.39 Å². The number of nitrogens with one attached hydrogen (secondary N) is 1. The third-order valence-corrected chi connectivity index (χ3v) is 6.17. The van der Waals surface area contributed by atoms with Crippen LogP contribution in [-0.4, -0.2) is 49.7 Å². The lowest BCUT2D eigenvalue weighted by Crippen LogP contribution is -2.59. The van der Waals surface area contributed by atoms with E-state index in [9.17, 15) is 9.18 Å². The quantitative estimate of drug-likeness (QED) is 0.799. The first-order valence-corrected chi connectivity index (χ1v) is 9.47. The first-order valence-electron chi connectivity index (χ1n) is 9.47.